The lowest BCUT2D eigenvalue weighted by atomic mass is 9.88. The lowest BCUT2D eigenvalue weighted by Gasteiger charge is -2.46. The van der Waals surface area contributed by atoms with E-state index in [1.165, 1.54) is 0 Å². The zero-order valence-corrected chi connectivity index (χ0v) is 13.3. The number of carbonyl (C=O) groups excluding carboxylic acids is 2. The Labute approximate surface area is 121 Å². The van der Waals surface area contributed by atoms with Gasteiger partial charge in [0.25, 0.3) is 0 Å². The van der Waals surface area contributed by atoms with Gasteiger partial charge in [0.15, 0.2) is 0 Å². The van der Waals surface area contributed by atoms with E-state index in [-0.39, 0.29) is 23.9 Å². The number of hydrogen-bond acceptors (Lipinski definition) is 3. The van der Waals surface area contributed by atoms with Crippen LogP contribution in [-0.2, 0) is 9.59 Å². The van der Waals surface area contributed by atoms with Crippen LogP contribution in [0.3, 0.4) is 0 Å². The minimum Gasteiger partial charge on any atom is -0.340 e. The van der Waals surface area contributed by atoms with E-state index >= 15 is 0 Å². The van der Waals surface area contributed by atoms with Crippen LogP contribution in [0, 0.1) is 5.92 Å². The number of amides is 2. The monoisotopic (exact) mass is 281 g/mol. The largest absolute Gasteiger partial charge is 0.340 e. The summed E-state index contributed by atoms with van der Waals surface area (Å²) in [7, 11) is 4.05. The van der Waals surface area contributed by atoms with Crippen molar-refractivity contribution in [2.75, 3.05) is 20.6 Å². The quantitative estimate of drug-likeness (QED) is 0.812. The van der Waals surface area contributed by atoms with Crippen molar-refractivity contribution >= 4 is 11.8 Å². The van der Waals surface area contributed by atoms with Gasteiger partial charge >= 0.3 is 0 Å². The predicted molar refractivity (Wildman–Crippen MR) is 78.2 cm³/mol. The molecule has 1 N–H and O–H groups in total. The average molecular weight is 281 g/mol. The van der Waals surface area contributed by atoms with Crippen LogP contribution >= 0.6 is 0 Å². The van der Waals surface area contributed by atoms with Crippen LogP contribution in [0.5, 0.6) is 0 Å². The van der Waals surface area contributed by atoms with E-state index in [1.54, 1.807) is 4.90 Å². The Balaban J connectivity index is 2.15. The Kier molecular flexibility index (Phi) is 4.09. The molecule has 1 aliphatic heterocycles. The Morgan fingerprint density at radius 2 is 2.00 bits per heavy atom. The summed E-state index contributed by atoms with van der Waals surface area (Å²) in [5.74, 6) is 0.393. The van der Waals surface area contributed by atoms with Crippen molar-refractivity contribution in [3.8, 4) is 0 Å². The summed E-state index contributed by atoms with van der Waals surface area (Å²) >= 11 is 0. The Hall–Kier alpha value is -1.10. The first-order valence-corrected chi connectivity index (χ1v) is 7.57. The first-order valence-electron chi connectivity index (χ1n) is 7.57. The molecule has 0 radical (unpaired) electrons. The second kappa shape index (κ2) is 5.35. The van der Waals surface area contributed by atoms with Gasteiger partial charge in [-0.3, -0.25) is 9.59 Å². The molecular formula is C15H27N3O2. The van der Waals surface area contributed by atoms with Crippen LogP contribution in [-0.4, -0.2) is 59.9 Å². The van der Waals surface area contributed by atoms with Crippen molar-refractivity contribution in [2.24, 2.45) is 5.92 Å². The van der Waals surface area contributed by atoms with Crippen molar-refractivity contribution in [3.63, 3.8) is 0 Å². The van der Waals surface area contributed by atoms with Crippen LogP contribution in [0.1, 0.15) is 40.0 Å². The third-order valence-corrected chi connectivity index (χ3v) is 4.72. The van der Waals surface area contributed by atoms with Gasteiger partial charge < -0.3 is 15.1 Å². The molecule has 0 spiro atoms. The van der Waals surface area contributed by atoms with E-state index in [0.29, 0.717) is 5.92 Å². The van der Waals surface area contributed by atoms with Crippen molar-refractivity contribution in [2.45, 2.75) is 57.7 Å². The molecular weight excluding hydrogens is 254 g/mol. The Morgan fingerprint density at radius 1 is 1.40 bits per heavy atom. The lowest BCUT2D eigenvalue weighted by molar-refractivity contribution is -0.157. The molecule has 1 aliphatic carbocycles. The van der Waals surface area contributed by atoms with E-state index in [9.17, 15) is 9.59 Å². The van der Waals surface area contributed by atoms with Crippen LogP contribution in [0.2, 0.25) is 0 Å². The van der Waals surface area contributed by atoms with E-state index in [2.05, 4.69) is 10.2 Å². The summed E-state index contributed by atoms with van der Waals surface area (Å²) in [6, 6.07) is -0.282. The second-order valence-electron chi connectivity index (χ2n) is 6.80. The molecule has 0 aromatic rings. The SMILES string of the molecule is CC(CCN(C)C)N1C(=O)C(C)(C2CC2)NC(=O)C1C. The highest BCUT2D eigenvalue weighted by atomic mass is 16.2. The maximum absolute atomic E-state index is 12.9. The minimum atomic E-state index is -0.685. The highest BCUT2D eigenvalue weighted by Gasteiger charge is 2.55. The van der Waals surface area contributed by atoms with Crippen molar-refractivity contribution in [3.05, 3.63) is 0 Å². The van der Waals surface area contributed by atoms with E-state index in [4.69, 9.17) is 0 Å². The summed E-state index contributed by atoms with van der Waals surface area (Å²) in [4.78, 5) is 29.0. The fraction of sp³-hybridized carbons (Fsp3) is 0.867. The lowest BCUT2D eigenvalue weighted by Crippen LogP contribution is -2.71. The molecule has 20 heavy (non-hydrogen) atoms. The topological polar surface area (TPSA) is 52.6 Å². The minimum absolute atomic E-state index is 0.0179. The number of hydrogen-bond donors (Lipinski definition) is 1. The van der Waals surface area contributed by atoms with Gasteiger partial charge in [0.05, 0.1) is 0 Å². The zero-order chi connectivity index (χ0) is 15.1. The summed E-state index contributed by atoms with van der Waals surface area (Å²) in [6.07, 6.45) is 2.96. The molecule has 0 bridgehead atoms. The number of carbonyl (C=O) groups is 2. The van der Waals surface area contributed by atoms with Crippen LogP contribution < -0.4 is 5.32 Å². The molecule has 3 atom stereocenters. The zero-order valence-electron chi connectivity index (χ0n) is 13.3. The molecule has 0 aromatic carbocycles. The van der Waals surface area contributed by atoms with Crippen LogP contribution in [0.25, 0.3) is 0 Å². The van der Waals surface area contributed by atoms with Crippen molar-refractivity contribution in [1.82, 2.24) is 15.1 Å². The molecule has 2 amide bonds. The molecule has 5 nitrogen and oxygen atoms in total. The van der Waals surface area contributed by atoms with Crippen LogP contribution in [0.15, 0.2) is 0 Å². The van der Waals surface area contributed by atoms with Gasteiger partial charge in [-0.05, 0) is 66.6 Å². The third kappa shape index (κ3) is 2.68. The van der Waals surface area contributed by atoms with E-state index in [0.717, 1.165) is 25.8 Å². The fourth-order valence-corrected chi connectivity index (χ4v) is 3.09. The Bertz CT molecular complexity index is 406. The normalized spacial score (nSPS) is 32.5. The van der Waals surface area contributed by atoms with Crippen LogP contribution in [0.4, 0.5) is 0 Å². The number of rotatable bonds is 5. The molecule has 1 saturated carbocycles. The van der Waals surface area contributed by atoms with Gasteiger partial charge in [-0.2, -0.15) is 0 Å². The number of nitrogens with one attached hydrogen (secondary N) is 1. The molecule has 0 aromatic heterocycles. The smallest absolute Gasteiger partial charge is 0.249 e. The summed E-state index contributed by atoms with van der Waals surface area (Å²) in [6.45, 7) is 6.68. The average Bonchev–Trinajstić information content (AvgIpc) is 3.18. The number of nitrogens with zero attached hydrogens (tertiary/aromatic N) is 2. The summed E-state index contributed by atoms with van der Waals surface area (Å²) in [5, 5.41) is 2.96. The first-order chi connectivity index (χ1) is 9.27. The fourth-order valence-electron chi connectivity index (χ4n) is 3.09. The van der Waals surface area contributed by atoms with Crippen molar-refractivity contribution < 1.29 is 9.59 Å². The van der Waals surface area contributed by atoms with E-state index in [1.807, 2.05) is 34.9 Å². The molecule has 2 fully saturated rings. The molecule has 5 heteroatoms. The number of piperazine rings is 1. The van der Waals surface area contributed by atoms with Crippen molar-refractivity contribution in [1.29, 1.82) is 0 Å². The molecule has 2 rings (SSSR count). The maximum atomic E-state index is 12.9. The maximum Gasteiger partial charge on any atom is 0.249 e. The molecule has 114 valence electrons. The third-order valence-electron chi connectivity index (χ3n) is 4.72. The highest BCUT2D eigenvalue weighted by Crippen LogP contribution is 2.42. The van der Waals surface area contributed by atoms with Gasteiger partial charge in [0.1, 0.15) is 11.6 Å². The highest BCUT2D eigenvalue weighted by molar-refractivity contribution is 6.00. The second-order valence-corrected chi connectivity index (χ2v) is 6.80. The molecule has 3 unspecified atom stereocenters. The summed E-state index contributed by atoms with van der Waals surface area (Å²) < 4.78 is 0. The van der Waals surface area contributed by atoms with Gasteiger partial charge in [-0.15, -0.1) is 0 Å². The standard InChI is InChI=1S/C15H27N3O2/c1-10(8-9-17(4)5)18-11(2)13(19)16-15(3,14(18)20)12-6-7-12/h10-12H,6-9H2,1-5H3,(H,16,19). The van der Waals surface area contributed by atoms with Gasteiger partial charge in [0.2, 0.25) is 11.8 Å². The predicted octanol–water partition coefficient (Wildman–Crippen LogP) is 0.842. The summed E-state index contributed by atoms with van der Waals surface area (Å²) in [5.41, 5.74) is -0.685. The van der Waals surface area contributed by atoms with Gasteiger partial charge in [-0.25, -0.2) is 0 Å². The Morgan fingerprint density at radius 3 is 2.50 bits per heavy atom. The molecule has 1 heterocycles. The first kappa shape index (κ1) is 15.3. The van der Waals surface area contributed by atoms with Gasteiger partial charge in [-0.1, -0.05) is 0 Å². The molecule has 2 aliphatic rings. The van der Waals surface area contributed by atoms with Gasteiger partial charge in [0, 0.05) is 6.04 Å². The molecule has 1 saturated heterocycles. The van der Waals surface area contributed by atoms with E-state index < -0.39 is 5.54 Å².